The molecule has 0 bridgehead atoms. The molecule has 1 heterocycles. The predicted octanol–water partition coefficient (Wildman–Crippen LogP) is -12.8. The molecule has 0 fully saturated rings. The SMILES string of the molecule is CC(=O)N[C@@H](Cc1c[nH]c2ccccc12)C(=O)NCC(=O)N[C@@H](C)C(=O)N[C@@H](CS)C(=O)N[C@@H](CCC(=O)O)C(=O)N[C@@H](C)C(=O)N[C@@H](C)C(=O)N[C@@H](C)C(=O)N[C@@H](CCCNC(=N)N)C(=O)N[C@@H](CCC(=O)O)C(=O)N[C@@H](C)C(=O)N[C@@H](C)C(=O)N[C@@H](C)C(=O)N[C@@H](CCCNC(=N)N)C(=O)N[C@@H](CCC(=O)O)C(=O)N[C@@H](C)C(=O)N[C@@H](C)C(=O)N[C@@H](CS)C(=O)N[C@@H](CCCNC(=N)N)C(=O)N[C@@H](CCC(N)=O)C(N)=O. The number of carboxylic acid groups (broad SMARTS) is 3. The summed E-state index contributed by atoms with van der Waals surface area (Å²) in [4.78, 5) is 334. The highest BCUT2D eigenvalue weighted by molar-refractivity contribution is 7.80. The zero-order valence-electron chi connectivity index (χ0n) is 83.0. The quantitative estimate of drug-likeness (QED) is 0.0127. The van der Waals surface area contributed by atoms with Crippen molar-refractivity contribution in [3.8, 4) is 0 Å². The Morgan fingerprint density at radius 1 is 0.304 bits per heavy atom. The number of hydrogen-bond acceptors (Lipinski definition) is 30. The molecule has 0 spiro atoms. The second-order valence-electron chi connectivity index (χ2n) is 34.2. The maximum atomic E-state index is 14.2. The molecule has 148 heavy (non-hydrogen) atoms. The summed E-state index contributed by atoms with van der Waals surface area (Å²) < 4.78 is 0. The molecule has 22 amide bonds. The van der Waals surface area contributed by atoms with Gasteiger partial charge in [0.05, 0.1) is 6.54 Å². The Morgan fingerprint density at radius 2 is 0.554 bits per heavy atom. The van der Waals surface area contributed by atoms with Gasteiger partial charge in [-0.3, -0.25) is 136 Å². The number of para-hydroxylation sites is 1. The van der Waals surface area contributed by atoms with E-state index < -0.39 is 337 Å². The number of carboxylic acids is 3. The number of carbonyl (C=O) groups is 25. The molecule has 0 aliphatic heterocycles. The van der Waals surface area contributed by atoms with Crippen LogP contribution >= 0.6 is 25.3 Å². The molecule has 0 unspecified atom stereocenters. The van der Waals surface area contributed by atoms with Crippen molar-refractivity contribution in [2.45, 2.75) is 280 Å². The van der Waals surface area contributed by atoms with Crippen LogP contribution in [0.5, 0.6) is 0 Å². The van der Waals surface area contributed by atoms with Crippen LogP contribution in [0.25, 0.3) is 10.9 Å². The Balaban J connectivity index is 2.20. The van der Waals surface area contributed by atoms with Gasteiger partial charge in [0.1, 0.15) is 115 Å². The van der Waals surface area contributed by atoms with Crippen molar-refractivity contribution in [3.63, 3.8) is 0 Å². The first-order chi connectivity index (χ1) is 69.3. The van der Waals surface area contributed by atoms with Crippen molar-refractivity contribution in [2.75, 3.05) is 37.7 Å². The molecule has 0 saturated carbocycles. The number of H-pyrrole nitrogens is 1. The third kappa shape index (κ3) is 49.1. The monoisotopic (exact) mass is 2130 g/mol. The highest BCUT2D eigenvalue weighted by atomic mass is 32.1. The molecular weight excluding hydrogens is 1990 g/mol. The van der Waals surface area contributed by atoms with Gasteiger partial charge >= 0.3 is 17.9 Å². The topological polar surface area (TPSA) is 982 Å². The van der Waals surface area contributed by atoms with Crippen LogP contribution in [0.2, 0.25) is 0 Å². The standard InChI is InChI=1S/C86H138N32O28S2/c1-37(100-61(121)34-99-75(138)57(109-46(10)119)32-47-33-98-49-17-12-11-16-48(47)49)71(134)117-59(36-148)83(146)116-56(24-28-64(126)127)78(141)108-41(5)69(132)102-39(3)67(130)104-44(8)73(136)111-51(18-13-29-95-84(89)90)80(143)114-54(22-26-62(122)123)76(139)106-40(4)68(131)101-38(2)66(129)103-43(7)72(135)112-52(19-14-30-96-85(91)92)81(144)115-55(23-27-63(124)125)77(140)107-42(6)70(133)105-45(9)74(137)118-58(35-147)82(145)113-53(20-15-31-97-86(93)94)79(142)110-50(65(88)128)21-25-60(87)120/h11-12,16-17,33,37-45,50-59,98,147-148H,13-15,18-32,34-36H2,1-10H3,(H2,87,120)(H2,88,128)(H,99,138)(H,100,121)(H,101,131)(H,102,132)(H,103,129)(H,104,130)(H,105,133)(H,106,139)(H,107,140)(H,108,141)(H,109,119)(H,110,142)(H,111,136)(H,112,135)(H,113,145)(H,114,143)(H,115,144)(H,116,146)(H,117,134)(H,118,137)(H,122,123)(H,124,125)(H,126,127)(H4,89,90,95)(H4,91,92,96)(H4,93,94,97)/t37-,38-,39-,40-,41-,42-,43-,44-,45-,50-,51-,52-,53-,54-,55-,56-,57-,58-,59-/m0/s1. The summed E-state index contributed by atoms with van der Waals surface area (Å²) in [5.41, 5.74) is 28.3. The van der Waals surface area contributed by atoms with E-state index in [0.29, 0.717) is 5.56 Å². The Kier molecular flexibility index (Phi) is 56.6. The third-order valence-corrected chi connectivity index (χ3v) is 22.4. The number of amides is 22. The van der Waals surface area contributed by atoms with Gasteiger partial charge in [-0.2, -0.15) is 25.3 Å². The Bertz CT molecular complexity index is 5110. The Hall–Kier alpha value is -16.0. The summed E-state index contributed by atoms with van der Waals surface area (Å²) in [6.07, 6.45) is -3.83. The molecule has 0 aliphatic carbocycles. The van der Waals surface area contributed by atoms with Crippen LogP contribution in [0, 0.1) is 16.2 Å². The Labute approximate surface area is 859 Å². The number of nitrogens with one attached hydrogen (secondary N) is 27. The molecule has 0 saturated heterocycles. The van der Waals surface area contributed by atoms with E-state index in [1.54, 1.807) is 18.3 Å². The molecule has 2 rings (SSSR count). The van der Waals surface area contributed by atoms with Crippen LogP contribution in [0.15, 0.2) is 30.5 Å². The number of guanidine groups is 3. The number of aromatic amines is 1. The molecule has 1 aromatic carbocycles. The van der Waals surface area contributed by atoms with Gasteiger partial charge in [0.2, 0.25) is 130 Å². The summed E-state index contributed by atoms with van der Waals surface area (Å²) in [5.74, 6) is -28.7. The van der Waals surface area contributed by atoms with E-state index in [-0.39, 0.29) is 77.4 Å². The van der Waals surface area contributed by atoms with Gasteiger partial charge in [-0.25, -0.2) is 0 Å². The van der Waals surface area contributed by atoms with Crippen molar-refractivity contribution >= 4 is 202 Å². The molecule has 19 atom stereocenters. The number of rotatable bonds is 68. The first kappa shape index (κ1) is 128. The minimum atomic E-state index is -1.81. The third-order valence-electron chi connectivity index (χ3n) is 21.7. The van der Waals surface area contributed by atoms with Crippen LogP contribution in [0.4, 0.5) is 0 Å². The van der Waals surface area contributed by atoms with Crippen molar-refractivity contribution in [1.29, 1.82) is 16.2 Å². The second-order valence-corrected chi connectivity index (χ2v) is 35.0. The number of benzene rings is 1. The van der Waals surface area contributed by atoms with E-state index in [1.165, 1.54) is 20.8 Å². The van der Waals surface area contributed by atoms with Crippen LogP contribution in [0.1, 0.15) is 165 Å². The summed E-state index contributed by atoms with van der Waals surface area (Å²) in [6, 6.07) is -22.1. The predicted molar refractivity (Wildman–Crippen MR) is 532 cm³/mol. The summed E-state index contributed by atoms with van der Waals surface area (Å²) in [6.45, 7) is 10.8. The molecule has 1 aromatic heterocycles. The van der Waals surface area contributed by atoms with Gasteiger partial charge in [0.25, 0.3) is 0 Å². The molecular formula is C86H138N32O28S2. The first-order valence-electron chi connectivity index (χ1n) is 46.5. The van der Waals surface area contributed by atoms with Gasteiger partial charge < -0.3 is 171 Å². The van der Waals surface area contributed by atoms with Gasteiger partial charge in [-0.15, -0.1) is 0 Å². The van der Waals surface area contributed by atoms with Crippen LogP contribution in [-0.4, -0.2) is 339 Å². The van der Waals surface area contributed by atoms with E-state index in [2.05, 4.69) is 153 Å². The van der Waals surface area contributed by atoms with Crippen molar-refractivity contribution < 1.29 is 135 Å². The number of thiol groups is 2. The van der Waals surface area contributed by atoms with Gasteiger partial charge in [0, 0.05) is 87.3 Å². The normalized spacial score (nSPS) is 14.7. The van der Waals surface area contributed by atoms with Crippen molar-refractivity contribution in [3.05, 3.63) is 36.0 Å². The molecule has 0 radical (unpaired) electrons. The van der Waals surface area contributed by atoms with Gasteiger partial charge in [-0.05, 0) is 138 Å². The maximum absolute atomic E-state index is 14.2. The van der Waals surface area contributed by atoms with E-state index in [4.69, 9.17) is 44.9 Å². The van der Waals surface area contributed by atoms with Crippen molar-refractivity contribution in [1.82, 2.24) is 127 Å². The lowest BCUT2D eigenvalue weighted by molar-refractivity contribution is -0.139. The zero-order valence-corrected chi connectivity index (χ0v) is 84.8. The number of carbonyl (C=O) groups excluding carboxylic acids is 22. The van der Waals surface area contributed by atoms with Gasteiger partial charge in [-0.1, -0.05) is 18.2 Å². The lowest BCUT2D eigenvalue weighted by Crippen LogP contribution is -2.60. The fraction of sp³-hybridized carbons (Fsp3) is 0.581. The lowest BCUT2D eigenvalue weighted by Gasteiger charge is -2.26. The average molecular weight is 2130 g/mol. The largest absolute Gasteiger partial charge is 0.481 e. The summed E-state index contributed by atoms with van der Waals surface area (Å²) >= 11 is 8.27. The van der Waals surface area contributed by atoms with Crippen molar-refractivity contribution in [2.24, 2.45) is 28.7 Å². The second kappa shape index (κ2) is 65.4. The van der Waals surface area contributed by atoms with Crippen LogP contribution in [0.3, 0.4) is 0 Å². The lowest BCUT2D eigenvalue weighted by atomic mass is 10.0. The molecule has 2 aromatic rings. The molecule has 0 aliphatic rings. The molecule has 62 heteroatoms. The fourth-order valence-corrected chi connectivity index (χ4v) is 13.8. The highest BCUT2D eigenvalue weighted by Crippen LogP contribution is 2.20. The smallest absolute Gasteiger partial charge is 0.303 e. The van der Waals surface area contributed by atoms with Crippen LogP contribution in [-0.2, 0) is 126 Å². The van der Waals surface area contributed by atoms with Gasteiger partial charge in [0.15, 0.2) is 17.9 Å². The maximum Gasteiger partial charge on any atom is 0.303 e. The number of hydrogen-bond donors (Lipinski definition) is 37. The number of aliphatic carboxylic acids is 3. The average Bonchev–Trinajstić information content (AvgIpc) is 1.67. The van der Waals surface area contributed by atoms with E-state index in [1.807, 2.05) is 12.1 Å². The fourth-order valence-electron chi connectivity index (χ4n) is 13.3. The van der Waals surface area contributed by atoms with E-state index in [0.717, 1.165) is 59.4 Å². The number of fused-ring (bicyclic) bond motifs is 1. The zero-order chi connectivity index (χ0) is 112. The minimum absolute atomic E-state index is 0.0422. The number of primary amides is 2. The number of nitrogens with two attached hydrogens (primary N) is 5. The van der Waals surface area contributed by atoms with Crippen LogP contribution < -0.4 is 151 Å². The first-order valence-corrected chi connectivity index (χ1v) is 47.8. The number of aromatic nitrogens is 1. The molecule has 822 valence electrons. The Morgan fingerprint density at radius 3 is 0.838 bits per heavy atom. The molecule has 40 N–H and O–H groups in total. The van der Waals surface area contributed by atoms with E-state index >= 15 is 0 Å². The summed E-state index contributed by atoms with van der Waals surface area (Å²) in [7, 11) is 0. The highest BCUT2D eigenvalue weighted by Gasteiger charge is 2.39. The van der Waals surface area contributed by atoms with E-state index in [9.17, 15) is 135 Å². The minimum Gasteiger partial charge on any atom is -0.481 e. The summed E-state index contributed by atoms with van der Waals surface area (Å²) in [5, 5.41) is 107. The molecule has 60 nitrogen and oxygen atoms in total.